The van der Waals surface area contributed by atoms with Gasteiger partial charge >= 0.3 is 0 Å². The van der Waals surface area contributed by atoms with Crippen molar-refractivity contribution in [3.8, 4) is 11.5 Å². The number of ether oxygens (including phenoxy) is 2. The van der Waals surface area contributed by atoms with Crippen molar-refractivity contribution in [1.82, 2.24) is 15.6 Å². The first-order valence-electron chi connectivity index (χ1n) is 9.57. The summed E-state index contributed by atoms with van der Waals surface area (Å²) in [6.45, 7) is -0.240. The SMILES string of the molecule is Nc1nc(Cl)ccc1OCC(=O)NC12CC(NC(O)COc3ccc(Cl)c(F)c3)(C1)C2. The highest BCUT2D eigenvalue weighted by Crippen LogP contribution is 2.60. The normalized spacial score (nSPS) is 24.5. The molecule has 1 aromatic carbocycles. The molecule has 2 bridgehead atoms. The molecule has 11 heteroatoms. The predicted molar refractivity (Wildman–Crippen MR) is 113 cm³/mol. The first-order chi connectivity index (χ1) is 14.7. The van der Waals surface area contributed by atoms with Gasteiger partial charge in [0.15, 0.2) is 18.2 Å². The number of halogens is 3. The van der Waals surface area contributed by atoms with E-state index in [1.807, 2.05) is 0 Å². The Morgan fingerprint density at radius 1 is 1.23 bits per heavy atom. The Morgan fingerprint density at radius 2 is 1.97 bits per heavy atom. The van der Waals surface area contributed by atoms with Gasteiger partial charge in [0.1, 0.15) is 29.6 Å². The van der Waals surface area contributed by atoms with Gasteiger partial charge in [0.2, 0.25) is 0 Å². The average molecular weight is 471 g/mol. The Kier molecular flexibility index (Phi) is 5.87. The molecule has 3 aliphatic rings. The average Bonchev–Trinajstić information content (AvgIpc) is 2.65. The number of anilines is 1. The summed E-state index contributed by atoms with van der Waals surface area (Å²) in [7, 11) is 0. The van der Waals surface area contributed by atoms with Crippen LogP contribution in [0.2, 0.25) is 10.2 Å². The monoisotopic (exact) mass is 470 g/mol. The molecule has 3 fully saturated rings. The molecular weight excluding hydrogens is 450 g/mol. The first-order valence-corrected chi connectivity index (χ1v) is 10.3. The van der Waals surface area contributed by atoms with Crippen molar-refractivity contribution in [3.63, 3.8) is 0 Å². The number of nitrogens with two attached hydrogens (primary N) is 1. The van der Waals surface area contributed by atoms with Crippen molar-refractivity contribution in [3.05, 3.63) is 46.3 Å². The minimum atomic E-state index is -0.934. The second-order valence-corrected chi connectivity index (χ2v) is 8.79. The molecule has 2 aromatic rings. The molecule has 0 saturated heterocycles. The molecule has 31 heavy (non-hydrogen) atoms. The molecule has 8 nitrogen and oxygen atoms in total. The van der Waals surface area contributed by atoms with Crippen molar-refractivity contribution >= 4 is 34.9 Å². The lowest BCUT2D eigenvalue weighted by Gasteiger charge is -2.71. The zero-order valence-electron chi connectivity index (χ0n) is 16.3. The largest absolute Gasteiger partial charge is 0.489 e. The van der Waals surface area contributed by atoms with Crippen LogP contribution in [0.15, 0.2) is 30.3 Å². The van der Waals surface area contributed by atoms with Crippen LogP contribution < -0.4 is 25.8 Å². The Bertz CT molecular complexity index is 989. The Hall–Kier alpha value is -2.33. The number of pyridine rings is 1. The summed E-state index contributed by atoms with van der Waals surface area (Å²) in [4.78, 5) is 16.1. The molecule has 1 atom stereocenters. The van der Waals surface area contributed by atoms with Crippen LogP contribution in [0.1, 0.15) is 19.3 Å². The summed E-state index contributed by atoms with van der Waals surface area (Å²) in [6, 6.07) is 7.16. The summed E-state index contributed by atoms with van der Waals surface area (Å²) in [6.07, 6.45) is 1.12. The van der Waals surface area contributed by atoms with Gasteiger partial charge in [-0.2, -0.15) is 0 Å². The smallest absolute Gasteiger partial charge is 0.258 e. The third-order valence-corrected chi connectivity index (χ3v) is 5.93. The molecule has 3 saturated carbocycles. The van der Waals surface area contributed by atoms with Gasteiger partial charge in [0.05, 0.1) is 5.02 Å². The molecular formula is C20H21Cl2FN4O4. The van der Waals surface area contributed by atoms with Crippen LogP contribution in [0.5, 0.6) is 11.5 Å². The highest BCUT2D eigenvalue weighted by atomic mass is 35.5. The number of aliphatic hydroxyl groups excluding tert-OH is 1. The van der Waals surface area contributed by atoms with Crippen LogP contribution in [0.4, 0.5) is 10.2 Å². The number of nitrogens with one attached hydrogen (secondary N) is 2. The van der Waals surface area contributed by atoms with Crippen molar-refractivity contribution in [2.24, 2.45) is 0 Å². The van der Waals surface area contributed by atoms with Gasteiger partial charge in [-0.3, -0.25) is 10.1 Å². The lowest BCUT2D eigenvalue weighted by atomic mass is 9.44. The summed E-state index contributed by atoms with van der Waals surface area (Å²) in [5, 5.41) is 16.5. The maximum absolute atomic E-state index is 13.4. The molecule has 1 heterocycles. The summed E-state index contributed by atoms with van der Waals surface area (Å²) in [5.41, 5.74) is 5.16. The van der Waals surface area contributed by atoms with Crippen molar-refractivity contribution in [1.29, 1.82) is 0 Å². The number of amides is 1. The molecule has 0 spiro atoms. The van der Waals surface area contributed by atoms with Crippen LogP contribution in [0.3, 0.4) is 0 Å². The summed E-state index contributed by atoms with van der Waals surface area (Å²) in [5.74, 6) is -0.167. The third kappa shape index (κ3) is 4.79. The van der Waals surface area contributed by atoms with E-state index in [1.54, 1.807) is 6.07 Å². The number of hydrogen-bond donors (Lipinski definition) is 4. The van der Waals surface area contributed by atoms with E-state index in [0.717, 1.165) is 6.07 Å². The van der Waals surface area contributed by atoms with E-state index >= 15 is 0 Å². The van der Waals surface area contributed by atoms with Gasteiger partial charge in [-0.05, 0) is 43.5 Å². The van der Waals surface area contributed by atoms with Gasteiger partial charge in [0.25, 0.3) is 5.91 Å². The number of nitrogens with zero attached hydrogens (tertiary/aromatic N) is 1. The van der Waals surface area contributed by atoms with Crippen molar-refractivity contribution < 1.29 is 23.8 Å². The molecule has 5 N–H and O–H groups in total. The lowest BCUT2D eigenvalue weighted by Crippen LogP contribution is -2.84. The van der Waals surface area contributed by atoms with Gasteiger partial charge in [-0.1, -0.05) is 23.2 Å². The van der Waals surface area contributed by atoms with E-state index in [4.69, 9.17) is 38.4 Å². The fraction of sp³-hybridized carbons (Fsp3) is 0.400. The van der Waals surface area contributed by atoms with Gasteiger partial charge < -0.3 is 25.6 Å². The molecule has 3 aliphatic carbocycles. The molecule has 0 radical (unpaired) electrons. The fourth-order valence-corrected chi connectivity index (χ4v) is 4.52. The van der Waals surface area contributed by atoms with E-state index in [1.165, 1.54) is 18.2 Å². The quantitative estimate of drug-likeness (QED) is 0.327. The highest BCUT2D eigenvalue weighted by molar-refractivity contribution is 6.30. The van der Waals surface area contributed by atoms with E-state index in [9.17, 15) is 14.3 Å². The van der Waals surface area contributed by atoms with Crippen LogP contribution in [-0.2, 0) is 4.79 Å². The maximum Gasteiger partial charge on any atom is 0.258 e. The number of aliphatic hydroxyl groups is 1. The number of nitrogen functional groups attached to an aromatic ring is 1. The molecule has 5 rings (SSSR count). The van der Waals surface area contributed by atoms with Crippen LogP contribution in [0, 0.1) is 5.82 Å². The van der Waals surface area contributed by atoms with E-state index in [-0.39, 0.29) is 51.9 Å². The predicted octanol–water partition coefficient (Wildman–Crippen LogP) is 2.27. The number of benzene rings is 1. The van der Waals surface area contributed by atoms with Crippen LogP contribution >= 0.6 is 23.2 Å². The van der Waals surface area contributed by atoms with Crippen LogP contribution in [0.25, 0.3) is 0 Å². The molecule has 1 aromatic heterocycles. The molecule has 1 amide bonds. The number of aromatic nitrogens is 1. The third-order valence-electron chi connectivity index (χ3n) is 5.42. The molecule has 0 aliphatic heterocycles. The van der Waals surface area contributed by atoms with E-state index < -0.39 is 12.0 Å². The lowest BCUT2D eigenvalue weighted by molar-refractivity contribution is -0.152. The molecule has 166 valence electrons. The molecule has 1 unspecified atom stereocenters. The van der Waals surface area contributed by atoms with Gasteiger partial charge in [0, 0.05) is 17.1 Å². The Morgan fingerprint density at radius 3 is 2.65 bits per heavy atom. The zero-order chi connectivity index (χ0) is 22.2. The standard InChI is InChI=1S/C20H21Cl2FN4O4/c21-12-2-1-11(5-13(12)23)30-6-16(28)26-19-8-20(9-19,10-19)27-17(29)7-31-14-3-4-15(22)25-18(14)24/h1-5,16,26,28H,6-10H2,(H2,24,25)(H,27,29). The van der Waals surface area contributed by atoms with E-state index in [2.05, 4.69) is 15.6 Å². The van der Waals surface area contributed by atoms with Crippen molar-refractivity contribution in [2.75, 3.05) is 18.9 Å². The fourth-order valence-electron chi connectivity index (χ4n) is 4.24. The Labute approximate surface area is 187 Å². The minimum absolute atomic E-state index is 0.00550. The summed E-state index contributed by atoms with van der Waals surface area (Å²) >= 11 is 11.4. The van der Waals surface area contributed by atoms with Gasteiger partial charge in [-0.25, -0.2) is 9.37 Å². The maximum atomic E-state index is 13.4. The number of rotatable bonds is 9. The first kappa shape index (κ1) is 21.9. The van der Waals surface area contributed by atoms with Crippen LogP contribution in [-0.4, -0.2) is 46.5 Å². The van der Waals surface area contributed by atoms with E-state index in [0.29, 0.717) is 25.0 Å². The second-order valence-electron chi connectivity index (χ2n) is 7.99. The van der Waals surface area contributed by atoms with Gasteiger partial charge in [-0.15, -0.1) is 0 Å². The number of hydrogen-bond acceptors (Lipinski definition) is 7. The highest BCUT2D eigenvalue weighted by Gasteiger charge is 2.68. The Balaban J connectivity index is 1.17. The second kappa shape index (κ2) is 8.31. The zero-order valence-corrected chi connectivity index (χ0v) is 17.8. The number of carbonyl (C=O) groups is 1. The van der Waals surface area contributed by atoms with Crippen molar-refractivity contribution in [2.45, 2.75) is 36.6 Å². The topological polar surface area (TPSA) is 119 Å². The number of carbonyl (C=O) groups excluding carboxylic acids is 1. The summed E-state index contributed by atoms with van der Waals surface area (Å²) < 4.78 is 24.2. The minimum Gasteiger partial charge on any atom is -0.489 e.